The van der Waals surface area contributed by atoms with Gasteiger partial charge >= 0.3 is 0 Å². The average molecular weight is 298 g/mol. The number of rotatable bonds is 2. The highest BCUT2D eigenvalue weighted by Crippen LogP contribution is 2.23. The van der Waals surface area contributed by atoms with Crippen molar-refractivity contribution in [2.75, 3.05) is 13.1 Å². The number of piperidine rings is 1. The Bertz CT molecular complexity index is 554. The third-order valence-electron chi connectivity index (χ3n) is 3.68. The highest BCUT2D eigenvalue weighted by Gasteiger charge is 2.28. The van der Waals surface area contributed by atoms with Gasteiger partial charge in [-0.05, 0) is 31.4 Å². The molecule has 108 valence electrons. The molecule has 1 saturated heterocycles. The lowest BCUT2D eigenvalue weighted by atomic mass is 9.96. The lowest BCUT2D eigenvalue weighted by molar-refractivity contribution is 0.0700. The van der Waals surface area contributed by atoms with E-state index < -0.39 is 23.1 Å². The minimum Gasteiger partial charge on any atom is -0.393 e. The van der Waals surface area contributed by atoms with E-state index in [0.29, 0.717) is 30.9 Å². The molecule has 6 heteroatoms. The van der Waals surface area contributed by atoms with Gasteiger partial charge in [-0.2, -0.15) is 0 Å². The minimum absolute atomic E-state index is 0.0984. The molecule has 0 aromatic heterocycles. The summed E-state index contributed by atoms with van der Waals surface area (Å²) in [4.78, 5) is 14.1. The molecular formula is C14H16F2N2OS. The van der Waals surface area contributed by atoms with Gasteiger partial charge in [-0.15, -0.1) is 0 Å². The van der Waals surface area contributed by atoms with Gasteiger partial charge in [0.05, 0.1) is 4.99 Å². The topological polar surface area (TPSA) is 46.3 Å². The number of benzene rings is 1. The molecule has 1 aromatic carbocycles. The number of aryl methyl sites for hydroxylation is 1. The molecule has 2 N–H and O–H groups in total. The maximum atomic E-state index is 13.9. The van der Waals surface area contributed by atoms with Crippen molar-refractivity contribution < 1.29 is 13.6 Å². The summed E-state index contributed by atoms with van der Waals surface area (Å²) < 4.78 is 27.7. The van der Waals surface area contributed by atoms with Crippen molar-refractivity contribution in [1.82, 2.24) is 4.90 Å². The number of likely N-dealkylation sites (tertiary alicyclic amines) is 1. The van der Waals surface area contributed by atoms with Crippen molar-refractivity contribution >= 4 is 23.1 Å². The molecule has 3 nitrogen and oxygen atoms in total. The Hall–Kier alpha value is -1.56. The highest BCUT2D eigenvalue weighted by molar-refractivity contribution is 7.80. The molecule has 0 radical (unpaired) electrons. The summed E-state index contributed by atoms with van der Waals surface area (Å²) >= 11 is 4.93. The van der Waals surface area contributed by atoms with Crippen LogP contribution in [0.15, 0.2) is 12.1 Å². The molecule has 1 fully saturated rings. The minimum atomic E-state index is -0.824. The molecule has 20 heavy (non-hydrogen) atoms. The molecular weight excluding hydrogens is 282 g/mol. The van der Waals surface area contributed by atoms with E-state index in [2.05, 4.69) is 0 Å². The average Bonchev–Trinajstić information content (AvgIpc) is 2.43. The van der Waals surface area contributed by atoms with E-state index in [4.69, 9.17) is 18.0 Å². The monoisotopic (exact) mass is 298 g/mol. The number of hydrogen-bond acceptors (Lipinski definition) is 2. The molecule has 1 amide bonds. The zero-order chi connectivity index (χ0) is 14.9. The van der Waals surface area contributed by atoms with Crippen LogP contribution in [-0.4, -0.2) is 28.9 Å². The molecule has 1 aromatic rings. The molecule has 1 heterocycles. The predicted octanol–water partition coefficient (Wildman–Crippen LogP) is 2.41. The summed E-state index contributed by atoms with van der Waals surface area (Å²) in [7, 11) is 0. The van der Waals surface area contributed by atoms with Gasteiger partial charge < -0.3 is 10.6 Å². The van der Waals surface area contributed by atoms with Gasteiger partial charge in [0.1, 0.15) is 17.2 Å². The predicted molar refractivity (Wildman–Crippen MR) is 76.5 cm³/mol. The molecule has 0 spiro atoms. The van der Waals surface area contributed by atoms with Crippen LogP contribution >= 0.6 is 12.2 Å². The first-order chi connectivity index (χ1) is 9.41. The van der Waals surface area contributed by atoms with E-state index in [9.17, 15) is 13.6 Å². The molecule has 1 aliphatic rings. The van der Waals surface area contributed by atoms with E-state index in [1.807, 2.05) is 0 Å². The van der Waals surface area contributed by atoms with Crippen LogP contribution in [0, 0.1) is 24.5 Å². The summed E-state index contributed by atoms with van der Waals surface area (Å²) in [5, 5.41) is 0. The Morgan fingerprint density at radius 2 is 1.95 bits per heavy atom. The zero-order valence-electron chi connectivity index (χ0n) is 11.2. The highest BCUT2D eigenvalue weighted by atomic mass is 32.1. The Balaban J connectivity index is 2.18. The summed E-state index contributed by atoms with van der Waals surface area (Å²) in [5.41, 5.74) is 5.36. The molecule has 0 bridgehead atoms. The van der Waals surface area contributed by atoms with Crippen LogP contribution in [-0.2, 0) is 0 Å². The van der Waals surface area contributed by atoms with Gasteiger partial charge in [-0.25, -0.2) is 8.78 Å². The molecule has 0 atom stereocenters. The Morgan fingerprint density at radius 1 is 1.35 bits per heavy atom. The number of halogens is 2. The normalized spacial score (nSPS) is 16.2. The molecule has 0 aliphatic carbocycles. The van der Waals surface area contributed by atoms with Crippen molar-refractivity contribution in [3.05, 3.63) is 34.9 Å². The van der Waals surface area contributed by atoms with Crippen LogP contribution in [0.4, 0.5) is 8.78 Å². The SMILES string of the molecule is Cc1ccc(F)c(C(=O)N2CCC(C(N)=S)CC2)c1F. The first-order valence-corrected chi connectivity index (χ1v) is 6.86. The van der Waals surface area contributed by atoms with E-state index in [-0.39, 0.29) is 11.5 Å². The van der Waals surface area contributed by atoms with E-state index in [1.165, 1.54) is 17.9 Å². The Morgan fingerprint density at radius 3 is 2.50 bits per heavy atom. The number of thiocarbonyl (C=S) groups is 1. The smallest absolute Gasteiger partial charge is 0.259 e. The van der Waals surface area contributed by atoms with Gasteiger partial charge in [0.2, 0.25) is 0 Å². The summed E-state index contributed by atoms with van der Waals surface area (Å²) in [6, 6.07) is 2.44. The second-order valence-corrected chi connectivity index (χ2v) is 5.49. The maximum absolute atomic E-state index is 13.9. The van der Waals surface area contributed by atoms with Gasteiger partial charge in [0.15, 0.2) is 0 Å². The first kappa shape index (κ1) is 14.8. The Kier molecular flexibility index (Phi) is 4.32. The zero-order valence-corrected chi connectivity index (χ0v) is 12.0. The van der Waals surface area contributed by atoms with Crippen molar-refractivity contribution in [3.8, 4) is 0 Å². The Labute approximate surface area is 121 Å². The number of nitrogens with two attached hydrogens (primary N) is 1. The van der Waals surface area contributed by atoms with Crippen LogP contribution in [0.1, 0.15) is 28.8 Å². The molecule has 0 saturated carbocycles. The van der Waals surface area contributed by atoms with Crippen LogP contribution in [0.3, 0.4) is 0 Å². The lowest BCUT2D eigenvalue weighted by Crippen LogP contribution is -2.42. The van der Waals surface area contributed by atoms with Crippen molar-refractivity contribution in [1.29, 1.82) is 0 Å². The summed E-state index contributed by atoms with van der Waals surface area (Å²) in [5.74, 6) is -2.12. The second-order valence-electron chi connectivity index (χ2n) is 5.02. The standard InChI is InChI=1S/C14H16F2N2OS/c1-8-2-3-10(15)11(12(8)16)14(19)18-6-4-9(5-7-18)13(17)20/h2-3,9H,4-7H2,1H3,(H2,17,20). The van der Waals surface area contributed by atoms with Crippen molar-refractivity contribution in [2.45, 2.75) is 19.8 Å². The fourth-order valence-corrected chi connectivity index (χ4v) is 2.61. The van der Waals surface area contributed by atoms with Gasteiger partial charge in [0.25, 0.3) is 5.91 Å². The number of amides is 1. The summed E-state index contributed by atoms with van der Waals surface area (Å²) in [6.07, 6.45) is 1.27. The van der Waals surface area contributed by atoms with Gasteiger partial charge in [0, 0.05) is 19.0 Å². The summed E-state index contributed by atoms with van der Waals surface area (Å²) in [6.45, 7) is 2.33. The lowest BCUT2D eigenvalue weighted by Gasteiger charge is -2.31. The van der Waals surface area contributed by atoms with E-state index in [0.717, 1.165) is 6.07 Å². The quantitative estimate of drug-likeness (QED) is 0.853. The van der Waals surface area contributed by atoms with Crippen molar-refractivity contribution in [2.24, 2.45) is 11.7 Å². The third kappa shape index (κ3) is 2.80. The maximum Gasteiger partial charge on any atom is 0.259 e. The van der Waals surface area contributed by atoms with Crippen LogP contribution in [0.25, 0.3) is 0 Å². The van der Waals surface area contributed by atoms with E-state index >= 15 is 0 Å². The number of carbonyl (C=O) groups is 1. The molecule has 1 aliphatic heterocycles. The van der Waals surface area contributed by atoms with Gasteiger partial charge in [-0.1, -0.05) is 18.3 Å². The van der Waals surface area contributed by atoms with Crippen molar-refractivity contribution in [3.63, 3.8) is 0 Å². The van der Waals surface area contributed by atoms with Gasteiger partial charge in [-0.3, -0.25) is 4.79 Å². The van der Waals surface area contributed by atoms with E-state index in [1.54, 1.807) is 0 Å². The van der Waals surface area contributed by atoms with Crippen LogP contribution < -0.4 is 5.73 Å². The fourth-order valence-electron chi connectivity index (χ4n) is 2.38. The van der Waals surface area contributed by atoms with Crippen LogP contribution in [0.5, 0.6) is 0 Å². The molecule has 2 rings (SSSR count). The van der Waals surface area contributed by atoms with Crippen LogP contribution in [0.2, 0.25) is 0 Å². The fraction of sp³-hybridized carbons (Fsp3) is 0.429. The largest absolute Gasteiger partial charge is 0.393 e. The second kappa shape index (κ2) is 5.83. The number of carbonyl (C=O) groups excluding carboxylic acids is 1. The number of nitrogens with zero attached hydrogens (tertiary/aromatic N) is 1. The third-order valence-corrected chi connectivity index (χ3v) is 4.02. The number of hydrogen-bond donors (Lipinski definition) is 1. The molecule has 0 unspecified atom stereocenters. The first-order valence-electron chi connectivity index (χ1n) is 6.45.